The maximum absolute atomic E-state index is 12.5. The summed E-state index contributed by atoms with van der Waals surface area (Å²) < 4.78 is 2.41. The van der Waals surface area contributed by atoms with Gasteiger partial charge in [-0.05, 0) is 36.8 Å². The molecule has 2 aliphatic rings. The SMILES string of the molecule is CCCCNc1nc(C#Cc2ccc(Cl)s2)nc2c1ncn2[C@@H]1C2CC2(C(=O)NC)[C@@H](O)[C@H]1O. The molecule has 178 valence electrons. The number of aromatic nitrogens is 4. The molecule has 2 aliphatic carbocycles. The highest BCUT2D eigenvalue weighted by atomic mass is 35.5. The number of halogens is 1. The minimum Gasteiger partial charge on any atom is -0.389 e. The largest absolute Gasteiger partial charge is 0.389 e. The third-order valence-corrected chi connectivity index (χ3v) is 7.91. The van der Waals surface area contributed by atoms with Gasteiger partial charge in [0.15, 0.2) is 17.0 Å². The Hall–Kier alpha value is -2.71. The number of hydrogen-bond donors (Lipinski definition) is 4. The second-order valence-corrected chi connectivity index (χ2v) is 10.4. The number of fused-ring (bicyclic) bond motifs is 2. The minimum atomic E-state index is -1.16. The highest BCUT2D eigenvalue weighted by Gasteiger charge is 2.75. The Bertz CT molecular complexity index is 1310. The lowest BCUT2D eigenvalue weighted by Gasteiger charge is -2.23. The Labute approximate surface area is 205 Å². The van der Waals surface area contributed by atoms with Crippen LogP contribution in [-0.2, 0) is 4.79 Å². The molecule has 0 bridgehead atoms. The van der Waals surface area contributed by atoms with Gasteiger partial charge in [-0.15, -0.1) is 11.3 Å². The van der Waals surface area contributed by atoms with Gasteiger partial charge < -0.3 is 25.4 Å². The van der Waals surface area contributed by atoms with E-state index in [0.29, 0.717) is 33.6 Å². The van der Waals surface area contributed by atoms with E-state index in [1.54, 1.807) is 24.0 Å². The molecular formula is C23H25ClN6O3S. The molecule has 2 saturated carbocycles. The number of unbranched alkanes of at least 4 members (excludes halogenated alkanes) is 1. The molecule has 34 heavy (non-hydrogen) atoms. The van der Waals surface area contributed by atoms with Gasteiger partial charge in [-0.3, -0.25) is 4.79 Å². The molecule has 5 atom stereocenters. The van der Waals surface area contributed by atoms with Crippen LogP contribution in [0.3, 0.4) is 0 Å². The standard InChI is InChI=1S/C23H25ClN6O3S/c1-3-4-9-26-20-16-21(29-15(28-20)8-6-12-5-7-14(24)34-12)30(11-27-16)17-13-10-23(13,22(33)25-2)19(32)18(17)31/h5,7,11,13,17-19,31-32H,3-4,9-10H2,1-2H3,(H,25,33)(H,26,28,29)/t13?,17-,18+,19+,23?/m1/s1. The zero-order valence-corrected chi connectivity index (χ0v) is 20.3. The Morgan fingerprint density at radius 2 is 2.18 bits per heavy atom. The van der Waals surface area contributed by atoms with Gasteiger partial charge in [0, 0.05) is 19.5 Å². The highest BCUT2D eigenvalue weighted by molar-refractivity contribution is 7.16. The zero-order valence-electron chi connectivity index (χ0n) is 18.7. The summed E-state index contributed by atoms with van der Waals surface area (Å²) in [6.07, 6.45) is 1.80. The molecule has 3 aromatic rings. The van der Waals surface area contributed by atoms with E-state index in [1.807, 2.05) is 6.07 Å². The number of aliphatic hydroxyl groups excluding tert-OH is 2. The van der Waals surface area contributed by atoms with Crippen LogP contribution in [0.4, 0.5) is 5.82 Å². The Morgan fingerprint density at radius 1 is 1.35 bits per heavy atom. The summed E-state index contributed by atoms with van der Waals surface area (Å²) in [5, 5.41) is 27.6. The molecular weight excluding hydrogens is 476 g/mol. The van der Waals surface area contributed by atoms with Crippen molar-refractivity contribution in [2.75, 3.05) is 18.9 Å². The van der Waals surface area contributed by atoms with Crippen LogP contribution in [0.25, 0.3) is 11.2 Å². The summed E-state index contributed by atoms with van der Waals surface area (Å²) in [7, 11) is 1.54. The summed E-state index contributed by atoms with van der Waals surface area (Å²) in [6, 6.07) is 3.09. The lowest BCUT2D eigenvalue weighted by atomic mass is 9.98. The first-order valence-corrected chi connectivity index (χ1v) is 12.4. The first-order chi connectivity index (χ1) is 16.4. The molecule has 4 N–H and O–H groups in total. The van der Waals surface area contributed by atoms with Crippen LogP contribution in [0.2, 0.25) is 4.34 Å². The third kappa shape index (κ3) is 3.64. The van der Waals surface area contributed by atoms with Gasteiger partial charge >= 0.3 is 0 Å². The van der Waals surface area contributed by atoms with E-state index in [4.69, 9.17) is 11.6 Å². The van der Waals surface area contributed by atoms with Crippen molar-refractivity contribution < 1.29 is 15.0 Å². The summed E-state index contributed by atoms with van der Waals surface area (Å²) in [6.45, 7) is 2.83. The number of thiophene rings is 1. The number of carbonyl (C=O) groups excluding carboxylic acids is 1. The summed E-state index contributed by atoms with van der Waals surface area (Å²) in [4.78, 5) is 27.1. The molecule has 0 saturated heterocycles. The molecule has 5 rings (SSSR count). The van der Waals surface area contributed by atoms with Gasteiger partial charge in [0.25, 0.3) is 0 Å². The second-order valence-electron chi connectivity index (χ2n) is 8.71. The van der Waals surface area contributed by atoms with Gasteiger partial charge in [0.05, 0.1) is 33.1 Å². The van der Waals surface area contributed by atoms with Crippen LogP contribution >= 0.6 is 22.9 Å². The molecule has 2 unspecified atom stereocenters. The first kappa shape index (κ1) is 23.1. The fourth-order valence-corrected chi connectivity index (χ4v) is 5.88. The predicted octanol–water partition coefficient (Wildman–Crippen LogP) is 2.18. The second kappa shape index (κ2) is 8.82. The monoisotopic (exact) mass is 500 g/mol. The molecule has 2 fully saturated rings. The van der Waals surface area contributed by atoms with Crippen molar-refractivity contribution in [3.05, 3.63) is 33.5 Å². The Morgan fingerprint density at radius 3 is 2.88 bits per heavy atom. The Balaban J connectivity index is 1.57. The van der Waals surface area contributed by atoms with E-state index in [1.165, 1.54) is 11.3 Å². The van der Waals surface area contributed by atoms with Crippen molar-refractivity contribution in [1.82, 2.24) is 24.8 Å². The van der Waals surface area contributed by atoms with Crippen molar-refractivity contribution in [2.45, 2.75) is 44.4 Å². The van der Waals surface area contributed by atoms with Crippen molar-refractivity contribution >= 4 is 45.8 Å². The molecule has 11 heteroatoms. The molecule has 3 aromatic heterocycles. The number of rotatable bonds is 6. The van der Waals surface area contributed by atoms with Crippen LogP contribution in [0.15, 0.2) is 18.5 Å². The number of hydrogen-bond acceptors (Lipinski definition) is 8. The molecule has 0 aromatic carbocycles. The average Bonchev–Trinajstić information content (AvgIpc) is 3.07. The molecule has 9 nitrogen and oxygen atoms in total. The van der Waals surface area contributed by atoms with Crippen LogP contribution in [0.5, 0.6) is 0 Å². The van der Waals surface area contributed by atoms with E-state index >= 15 is 0 Å². The molecule has 3 heterocycles. The molecule has 0 radical (unpaired) electrons. The number of nitrogens with zero attached hydrogens (tertiary/aromatic N) is 4. The van der Waals surface area contributed by atoms with E-state index in [9.17, 15) is 15.0 Å². The minimum absolute atomic E-state index is 0.218. The highest BCUT2D eigenvalue weighted by Crippen LogP contribution is 2.67. The number of amides is 1. The third-order valence-electron chi connectivity index (χ3n) is 6.76. The number of imidazole rings is 1. The van der Waals surface area contributed by atoms with Crippen LogP contribution in [0, 0.1) is 23.2 Å². The molecule has 0 spiro atoms. The number of aliphatic hydroxyl groups is 2. The lowest BCUT2D eigenvalue weighted by molar-refractivity contribution is -0.132. The normalized spacial score (nSPS) is 27.2. The lowest BCUT2D eigenvalue weighted by Crippen LogP contribution is -2.41. The molecule has 0 aliphatic heterocycles. The van der Waals surface area contributed by atoms with Gasteiger partial charge in [-0.2, -0.15) is 0 Å². The number of nitrogens with one attached hydrogen (secondary N) is 2. The quantitative estimate of drug-likeness (QED) is 0.302. The van der Waals surface area contributed by atoms with Gasteiger partial charge in [-0.1, -0.05) is 24.9 Å². The zero-order chi connectivity index (χ0) is 24.0. The fourth-order valence-electron chi connectivity index (χ4n) is 4.98. The van der Waals surface area contributed by atoms with Crippen molar-refractivity contribution in [3.8, 4) is 11.8 Å². The Kier molecular flexibility index (Phi) is 5.98. The maximum Gasteiger partial charge on any atom is 0.229 e. The van der Waals surface area contributed by atoms with Crippen LogP contribution in [-0.4, -0.2) is 61.4 Å². The number of carbonyl (C=O) groups is 1. The van der Waals surface area contributed by atoms with Crippen molar-refractivity contribution in [3.63, 3.8) is 0 Å². The van der Waals surface area contributed by atoms with Crippen molar-refractivity contribution in [1.29, 1.82) is 0 Å². The van der Waals surface area contributed by atoms with Gasteiger partial charge in [0.1, 0.15) is 6.10 Å². The smallest absolute Gasteiger partial charge is 0.229 e. The van der Waals surface area contributed by atoms with E-state index in [0.717, 1.165) is 24.3 Å². The predicted molar refractivity (Wildman–Crippen MR) is 130 cm³/mol. The molecule has 1 amide bonds. The fraction of sp³-hybridized carbons (Fsp3) is 0.478. The van der Waals surface area contributed by atoms with Gasteiger partial charge in [-0.25, -0.2) is 15.0 Å². The van der Waals surface area contributed by atoms with Gasteiger partial charge in [0.2, 0.25) is 11.7 Å². The summed E-state index contributed by atoms with van der Waals surface area (Å²) >= 11 is 7.38. The average molecular weight is 501 g/mol. The van der Waals surface area contributed by atoms with Crippen LogP contribution in [0.1, 0.15) is 42.9 Å². The number of anilines is 1. The first-order valence-electron chi connectivity index (χ1n) is 11.2. The van der Waals surface area contributed by atoms with E-state index < -0.39 is 23.7 Å². The van der Waals surface area contributed by atoms with Crippen LogP contribution < -0.4 is 10.6 Å². The van der Waals surface area contributed by atoms with Crippen molar-refractivity contribution in [2.24, 2.45) is 11.3 Å². The maximum atomic E-state index is 12.5. The summed E-state index contributed by atoms with van der Waals surface area (Å²) in [5.74, 6) is 6.44. The topological polar surface area (TPSA) is 125 Å². The van der Waals surface area contributed by atoms with E-state index in [-0.39, 0.29) is 11.8 Å². The van der Waals surface area contributed by atoms with E-state index in [2.05, 4.69) is 44.4 Å². The summed E-state index contributed by atoms with van der Waals surface area (Å²) in [5.41, 5.74) is 0.0742.